The highest BCUT2D eigenvalue weighted by Gasteiger charge is 2.43. The first-order valence-electron chi connectivity index (χ1n) is 9.09. The molecule has 1 saturated carbocycles. The number of nitrogens with two attached hydrogens (primary N) is 1. The summed E-state index contributed by atoms with van der Waals surface area (Å²) in [4.78, 5) is 14.1. The van der Waals surface area contributed by atoms with E-state index in [1.807, 2.05) is 12.9 Å². The molecule has 0 unspecified atom stereocenters. The second-order valence-corrected chi connectivity index (χ2v) is 8.02. The Bertz CT molecular complexity index is 701. The number of benzene rings is 1. The van der Waals surface area contributed by atoms with Gasteiger partial charge in [0.05, 0.1) is 0 Å². The molecule has 7 heteroatoms. The highest BCUT2D eigenvalue weighted by Crippen LogP contribution is 2.42. The van der Waals surface area contributed by atoms with Crippen LogP contribution in [0.25, 0.3) is 0 Å². The van der Waals surface area contributed by atoms with E-state index < -0.39 is 5.97 Å². The third kappa shape index (κ3) is 3.23. The molecule has 134 valence electrons. The van der Waals surface area contributed by atoms with Crippen molar-refractivity contribution < 1.29 is 19.3 Å². The molecule has 1 aliphatic carbocycles. The van der Waals surface area contributed by atoms with E-state index in [2.05, 4.69) is 11.8 Å². The molecule has 2 heterocycles. The Morgan fingerprint density at radius 2 is 2.20 bits per heavy atom. The van der Waals surface area contributed by atoms with Gasteiger partial charge < -0.3 is 20.2 Å². The Kier molecular flexibility index (Phi) is 3.96. The highest BCUT2D eigenvalue weighted by molar-refractivity contribution is 6.51. The second kappa shape index (κ2) is 5.92. The van der Waals surface area contributed by atoms with Gasteiger partial charge in [-0.25, -0.2) is 4.79 Å². The van der Waals surface area contributed by atoms with Gasteiger partial charge in [0.25, 0.3) is 0 Å². The lowest BCUT2D eigenvalue weighted by Crippen LogP contribution is -2.57. The van der Waals surface area contributed by atoms with Crippen LogP contribution in [0.3, 0.4) is 0 Å². The summed E-state index contributed by atoms with van der Waals surface area (Å²) < 4.78 is 11.9. The van der Waals surface area contributed by atoms with Crippen LogP contribution < -0.4 is 15.1 Å². The number of carbonyl (C=O) groups is 1. The number of hydrogen-bond donors (Lipinski definition) is 2. The maximum atomic E-state index is 11.9. The van der Waals surface area contributed by atoms with Crippen molar-refractivity contribution in [1.82, 2.24) is 4.90 Å². The summed E-state index contributed by atoms with van der Waals surface area (Å²) in [6, 6.07) is 3.73. The third-order valence-electron chi connectivity index (χ3n) is 5.55. The largest absolute Gasteiger partial charge is 0.560 e. The Morgan fingerprint density at radius 1 is 1.48 bits per heavy atom. The predicted molar refractivity (Wildman–Crippen MR) is 95.9 cm³/mol. The molecule has 0 spiro atoms. The summed E-state index contributed by atoms with van der Waals surface area (Å²) in [6.07, 6.45) is 3.09. The van der Waals surface area contributed by atoms with Gasteiger partial charge in [-0.05, 0) is 43.5 Å². The normalized spacial score (nSPS) is 24.9. The van der Waals surface area contributed by atoms with E-state index in [0.717, 1.165) is 44.4 Å². The molecule has 1 saturated heterocycles. The van der Waals surface area contributed by atoms with Crippen LogP contribution in [-0.4, -0.2) is 54.2 Å². The van der Waals surface area contributed by atoms with Crippen LogP contribution in [0.1, 0.15) is 41.6 Å². The number of fused-ring (bicyclic) bond motifs is 1. The molecule has 0 bridgehead atoms. The van der Waals surface area contributed by atoms with Crippen molar-refractivity contribution in [3.05, 3.63) is 23.3 Å². The Hall–Kier alpha value is -1.73. The smallest absolute Gasteiger partial charge is 0.355 e. The van der Waals surface area contributed by atoms with Gasteiger partial charge in [0.15, 0.2) is 0 Å². The van der Waals surface area contributed by atoms with Crippen LogP contribution in [0.5, 0.6) is 11.5 Å². The number of ether oxygens (including phenoxy) is 1. The lowest BCUT2D eigenvalue weighted by molar-refractivity contribution is 0.0137. The average Bonchev–Trinajstić information content (AvgIpc) is 3.21. The fourth-order valence-electron chi connectivity index (χ4n) is 3.94. The molecule has 6 nitrogen and oxygen atoms in total. The summed E-state index contributed by atoms with van der Waals surface area (Å²) in [6.45, 7) is 6.58. The monoisotopic (exact) mass is 344 g/mol. The Balaban J connectivity index is 1.50. The summed E-state index contributed by atoms with van der Waals surface area (Å²) in [5.74, 6) is 0.171. The first kappa shape index (κ1) is 16.7. The van der Waals surface area contributed by atoms with Crippen molar-refractivity contribution in [3.8, 4) is 11.5 Å². The lowest BCUT2D eigenvalue weighted by Gasteiger charge is -2.40. The summed E-state index contributed by atoms with van der Waals surface area (Å²) in [5.41, 5.74) is 7.26. The van der Waals surface area contributed by atoms with Crippen LogP contribution in [0.4, 0.5) is 0 Å². The molecule has 0 radical (unpaired) electrons. The highest BCUT2D eigenvalue weighted by atomic mass is 16.5. The van der Waals surface area contributed by atoms with Crippen molar-refractivity contribution >= 4 is 12.9 Å². The fraction of sp³-hybridized carbons (Fsp3) is 0.611. The van der Waals surface area contributed by atoms with E-state index in [1.165, 1.54) is 0 Å². The molecule has 4 rings (SSSR count). The van der Waals surface area contributed by atoms with Gasteiger partial charge in [-0.3, -0.25) is 4.90 Å². The summed E-state index contributed by atoms with van der Waals surface area (Å²) in [7, 11) is 0. The molecule has 0 aromatic heterocycles. The van der Waals surface area contributed by atoms with E-state index in [0.29, 0.717) is 11.5 Å². The van der Waals surface area contributed by atoms with E-state index >= 15 is 0 Å². The van der Waals surface area contributed by atoms with E-state index in [-0.39, 0.29) is 30.0 Å². The van der Waals surface area contributed by atoms with Crippen molar-refractivity contribution in [2.75, 3.05) is 19.6 Å². The SMILES string of the molecule is CB1C[C@H](C)c2ccc(OC3CN(CC4(N)CC4)C3)c(C(=O)O)c2O1. The molecule has 1 aromatic rings. The van der Waals surface area contributed by atoms with Crippen LogP contribution in [0, 0.1) is 0 Å². The van der Waals surface area contributed by atoms with E-state index in [1.54, 1.807) is 6.07 Å². The van der Waals surface area contributed by atoms with Crippen LogP contribution in [0.2, 0.25) is 13.1 Å². The number of nitrogens with zero attached hydrogens (tertiary/aromatic N) is 1. The van der Waals surface area contributed by atoms with E-state index in [4.69, 9.17) is 15.1 Å². The van der Waals surface area contributed by atoms with Crippen molar-refractivity contribution in [3.63, 3.8) is 0 Å². The van der Waals surface area contributed by atoms with Crippen molar-refractivity contribution in [2.45, 2.75) is 50.5 Å². The minimum absolute atomic E-state index is 0.00311. The summed E-state index contributed by atoms with van der Waals surface area (Å²) >= 11 is 0. The van der Waals surface area contributed by atoms with Gasteiger partial charge in [-0.1, -0.05) is 13.0 Å². The quantitative estimate of drug-likeness (QED) is 0.796. The second-order valence-electron chi connectivity index (χ2n) is 8.02. The number of hydrogen-bond acceptors (Lipinski definition) is 5. The zero-order valence-electron chi connectivity index (χ0n) is 14.8. The maximum absolute atomic E-state index is 11.9. The van der Waals surface area contributed by atoms with Crippen molar-refractivity contribution in [2.24, 2.45) is 5.73 Å². The van der Waals surface area contributed by atoms with Gasteiger partial charge in [0.1, 0.15) is 23.2 Å². The molecule has 3 aliphatic rings. The third-order valence-corrected chi connectivity index (χ3v) is 5.55. The van der Waals surface area contributed by atoms with Gasteiger partial charge in [-0.15, -0.1) is 0 Å². The van der Waals surface area contributed by atoms with Gasteiger partial charge in [-0.2, -0.15) is 0 Å². The predicted octanol–water partition coefficient (Wildman–Crippen LogP) is 2.06. The zero-order valence-corrected chi connectivity index (χ0v) is 14.8. The number of aromatic carboxylic acids is 1. The van der Waals surface area contributed by atoms with Crippen LogP contribution in [0.15, 0.2) is 12.1 Å². The zero-order chi connectivity index (χ0) is 17.8. The number of carboxylic acid groups (broad SMARTS) is 1. The molecular formula is C18H25BN2O4. The van der Waals surface area contributed by atoms with Gasteiger partial charge in [0.2, 0.25) is 0 Å². The van der Waals surface area contributed by atoms with Crippen LogP contribution >= 0.6 is 0 Å². The Morgan fingerprint density at radius 3 is 2.84 bits per heavy atom. The first-order chi connectivity index (χ1) is 11.8. The fourth-order valence-corrected chi connectivity index (χ4v) is 3.94. The first-order valence-corrected chi connectivity index (χ1v) is 9.09. The van der Waals surface area contributed by atoms with E-state index in [9.17, 15) is 9.90 Å². The van der Waals surface area contributed by atoms with Crippen molar-refractivity contribution in [1.29, 1.82) is 0 Å². The molecule has 25 heavy (non-hydrogen) atoms. The van der Waals surface area contributed by atoms with Crippen LogP contribution in [-0.2, 0) is 0 Å². The molecule has 1 atom stereocenters. The van der Waals surface area contributed by atoms with Gasteiger partial charge in [0, 0.05) is 25.2 Å². The van der Waals surface area contributed by atoms with Gasteiger partial charge >= 0.3 is 12.9 Å². The Labute approximate surface area is 148 Å². The molecule has 0 amide bonds. The average molecular weight is 344 g/mol. The molecule has 2 fully saturated rings. The minimum Gasteiger partial charge on any atom is -0.560 e. The minimum atomic E-state index is -0.997. The lowest BCUT2D eigenvalue weighted by atomic mass is 9.60. The maximum Gasteiger partial charge on any atom is 0.355 e. The molecule has 1 aromatic carbocycles. The topological polar surface area (TPSA) is 85.0 Å². The molecule has 3 N–H and O–H groups in total. The standard InChI is InChI=1S/C18H25BN2O4/c1-11-7-19(2)25-16-13(11)3-4-14(15(16)17(22)23)24-12-8-21(9-12)10-18(20)5-6-18/h3-4,11-12H,5-10,20H2,1-2H3,(H,22,23)/t11-/m0/s1. The number of carboxylic acids is 1. The molecular weight excluding hydrogens is 319 g/mol. The summed E-state index contributed by atoms with van der Waals surface area (Å²) in [5, 5.41) is 9.72. The number of likely N-dealkylation sites (tertiary alicyclic amines) is 1. The number of rotatable bonds is 5. The molecule has 2 aliphatic heterocycles.